The summed E-state index contributed by atoms with van der Waals surface area (Å²) in [5.74, 6) is -2.05. The van der Waals surface area contributed by atoms with Crippen molar-refractivity contribution in [3.05, 3.63) is 74.9 Å². The van der Waals surface area contributed by atoms with Gasteiger partial charge in [0.1, 0.15) is 6.04 Å². The molecule has 3 aromatic rings. The number of nitrogens with zero attached hydrogens (tertiary/aromatic N) is 1. The fraction of sp³-hybridized carbons (Fsp3) is 0.227. The van der Waals surface area contributed by atoms with Crippen LogP contribution in [0, 0.1) is 16.0 Å². The highest BCUT2D eigenvalue weighted by Gasteiger charge is 2.26. The number of amides is 3. The number of para-hydroxylation sites is 1. The number of aromatic amines is 1. The highest BCUT2D eigenvalue weighted by molar-refractivity contribution is 6.34. The third-order valence-electron chi connectivity index (χ3n) is 4.99. The van der Waals surface area contributed by atoms with Gasteiger partial charge in [0, 0.05) is 29.2 Å². The summed E-state index contributed by atoms with van der Waals surface area (Å²) >= 11 is 6.00. The summed E-state index contributed by atoms with van der Waals surface area (Å²) in [7, 11) is 0. The maximum atomic E-state index is 12.6. The minimum Gasteiger partial charge on any atom is -0.361 e. The molecule has 0 aliphatic rings. The molecule has 0 spiro atoms. The van der Waals surface area contributed by atoms with E-state index in [2.05, 4.69) is 21.2 Å². The molecule has 11 heteroatoms. The van der Waals surface area contributed by atoms with Crippen LogP contribution in [0.1, 0.15) is 29.8 Å². The van der Waals surface area contributed by atoms with Crippen LogP contribution in [0.25, 0.3) is 10.9 Å². The smallest absolute Gasteiger partial charge is 0.270 e. The second-order valence-electron chi connectivity index (χ2n) is 7.69. The molecule has 0 saturated carbocycles. The molecule has 0 bridgehead atoms. The molecule has 0 aliphatic heterocycles. The first-order chi connectivity index (χ1) is 15.7. The highest BCUT2D eigenvalue weighted by Crippen LogP contribution is 2.23. The molecule has 33 heavy (non-hydrogen) atoms. The Morgan fingerprint density at radius 3 is 2.52 bits per heavy atom. The summed E-state index contributed by atoms with van der Waals surface area (Å²) in [5.41, 5.74) is 6.10. The predicted octanol–water partition coefficient (Wildman–Crippen LogP) is 2.87. The Hall–Kier alpha value is -3.92. The number of halogens is 1. The van der Waals surface area contributed by atoms with E-state index in [1.54, 1.807) is 20.0 Å². The molecule has 3 amide bonds. The van der Waals surface area contributed by atoms with Crippen molar-refractivity contribution < 1.29 is 19.3 Å². The van der Waals surface area contributed by atoms with Crippen LogP contribution in [0.15, 0.2) is 48.7 Å². The number of nitrogens with one attached hydrogen (secondary N) is 4. The number of non-ortho nitro benzene ring substituents is 1. The van der Waals surface area contributed by atoms with Crippen LogP contribution in [-0.2, 0) is 16.0 Å². The van der Waals surface area contributed by atoms with Crippen molar-refractivity contribution in [3.8, 4) is 0 Å². The molecule has 0 radical (unpaired) electrons. The molecule has 0 unspecified atom stereocenters. The molecule has 1 aromatic heterocycles. The van der Waals surface area contributed by atoms with Crippen molar-refractivity contribution in [2.75, 3.05) is 0 Å². The van der Waals surface area contributed by atoms with Crippen molar-refractivity contribution in [1.82, 2.24) is 21.2 Å². The fourth-order valence-electron chi connectivity index (χ4n) is 3.26. The summed E-state index contributed by atoms with van der Waals surface area (Å²) in [6, 6.07) is 9.97. The Morgan fingerprint density at radius 1 is 1.12 bits per heavy atom. The second-order valence-corrected chi connectivity index (χ2v) is 8.10. The molecule has 3 rings (SSSR count). The zero-order valence-corrected chi connectivity index (χ0v) is 18.6. The van der Waals surface area contributed by atoms with Crippen LogP contribution in [0.3, 0.4) is 0 Å². The quantitative estimate of drug-likeness (QED) is 0.309. The summed E-state index contributed by atoms with van der Waals surface area (Å²) in [6.07, 6.45) is 1.78. The van der Waals surface area contributed by atoms with Crippen molar-refractivity contribution >= 4 is 45.9 Å². The highest BCUT2D eigenvalue weighted by atomic mass is 35.5. The van der Waals surface area contributed by atoms with E-state index in [0.29, 0.717) is 0 Å². The van der Waals surface area contributed by atoms with Crippen LogP contribution in [0.5, 0.6) is 0 Å². The number of hydrazine groups is 1. The molecule has 2 aromatic carbocycles. The number of hydrogen-bond donors (Lipinski definition) is 4. The Labute approximate surface area is 193 Å². The first-order valence-electron chi connectivity index (χ1n) is 10.1. The second kappa shape index (κ2) is 10.1. The van der Waals surface area contributed by atoms with Crippen LogP contribution in [0.4, 0.5) is 5.69 Å². The number of nitro groups is 1. The lowest BCUT2D eigenvalue weighted by atomic mass is 10.0. The van der Waals surface area contributed by atoms with E-state index in [-0.39, 0.29) is 28.6 Å². The number of nitro benzene ring substituents is 1. The fourth-order valence-corrected chi connectivity index (χ4v) is 3.52. The van der Waals surface area contributed by atoms with E-state index in [9.17, 15) is 24.5 Å². The van der Waals surface area contributed by atoms with Crippen LogP contribution < -0.4 is 16.2 Å². The van der Waals surface area contributed by atoms with E-state index < -0.39 is 28.7 Å². The number of carbonyl (C=O) groups is 3. The van der Waals surface area contributed by atoms with Crippen molar-refractivity contribution in [1.29, 1.82) is 0 Å². The number of H-pyrrole nitrogens is 1. The largest absolute Gasteiger partial charge is 0.361 e. The molecule has 1 heterocycles. The topological polar surface area (TPSA) is 146 Å². The number of hydrogen-bond acceptors (Lipinski definition) is 5. The normalized spacial score (nSPS) is 11.8. The molecule has 10 nitrogen and oxygen atoms in total. The van der Waals surface area contributed by atoms with Gasteiger partial charge < -0.3 is 10.3 Å². The summed E-state index contributed by atoms with van der Waals surface area (Å²) in [5, 5.41) is 14.2. The number of fused-ring (bicyclic) bond motifs is 1. The van der Waals surface area contributed by atoms with E-state index in [4.69, 9.17) is 11.6 Å². The molecule has 4 N–H and O–H groups in total. The van der Waals surface area contributed by atoms with Gasteiger partial charge in [-0.1, -0.05) is 43.6 Å². The van der Waals surface area contributed by atoms with Gasteiger partial charge in [-0.2, -0.15) is 0 Å². The first kappa shape index (κ1) is 23.7. The standard InChI is InChI=1S/C22H22ClN5O5/c1-12(2)20(25-21(30)16-8-7-14(28(32)33)10-17(16)23)22(31)27-26-19(29)9-13-11-24-18-6-4-3-5-15(13)18/h3-8,10-12,20,24H,9H2,1-2H3,(H,25,30)(H,26,29)(H,27,31)/t20-/m0/s1. The Bertz CT molecular complexity index is 1220. The lowest BCUT2D eigenvalue weighted by Crippen LogP contribution is -2.54. The van der Waals surface area contributed by atoms with Crippen molar-refractivity contribution in [3.63, 3.8) is 0 Å². The predicted molar refractivity (Wildman–Crippen MR) is 122 cm³/mol. The van der Waals surface area contributed by atoms with E-state index in [0.717, 1.165) is 28.6 Å². The van der Waals surface area contributed by atoms with Gasteiger partial charge in [0.05, 0.1) is 21.9 Å². The summed E-state index contributed by atoms with van der Waals surface area (Å²) in [6.45, 7) is 3.44. The lowest BCUT2D eigenvalue weighted by Gasteiger charge is -2.22. The van der Waals surface area contributed by atoms with Crippen LogP contribution >= 0.6 is 11.6 Å². The van der Waals surface area contributed by atoms with Crippen LogP contribution in [-0.4, -0.2) is 33.7 Å². The molecule has 0 saturated heterocycles. The van der Waals surface area contributed by atoms with Gasteiger partial charge in [0.2, 0.25) is 5.91 Å². The number of rotatable bonds is 7. The average molecular weight is 472 g/mol. The molecule has 172 valence electrons. The SMILES string of the molecule is CC(C)[C@H](NC(=O)c1ccc([N+](=O)[O-])cc1Cl)C(=O)NNC(=O)Cc1c[nH]c2ccccc12. The van der Waals surface area contributed by atoms with Crippen molar-refractivity contribution in [2.45, 2.75) is 26.3 Å². The average Bonchev–Trinajstić information content (AvgIpc) is 3.18. The number of carbonyl (C=O) groups excluding carboxylic acids is 3. The molecular formula is C22H22ClN5O5. The van der Waals surface area contributed by atoms with Gasteiger partial charge >= 0.3 is 0 Å². The Morgan fingerprint density at radius 2 is 1.85 bits per heavy atom. The Kier molecular flexibility index (Phi) is 7.29. The minimum atomic E-state index is -0.989. The van der Waals surface area contributed by atoms with Gasteiger partial charge in [-0.15, -0.1) is 0 Å². The minimum absolute atomic E-state index is 0.0101. The van der Waals surface area contributed by atoms with E-state index in [1.165, 1.54) is 6.07 Å². The van der Waals surface area contributed by atoms with E-state index in [1.807, 2.05) is 24.3 Å². The number of aromatic nitrogens is 1. The maximum Gasteiger partial charge on any atom is 0.270 e. The van der Waals surface area contributed by atoms with Crippen molar-refractivity contribution in [2.24, 2.45) is 5.92 Å². The monoisotopic (exact) mass is 471 g/mol. The Balaban J connectivity index is 1.61. The van der Waals surface area contributed by atoms with Gasteiger partial charge in [-0.25, -0.2) is 0 Å². The van der Waals surface area contributed by atoms with E-state index >= 15 is 0 Å². The van der Waals surface area contributed by atoms with Gasteiger partial charge in [0.15, 0.2) is 0 Å². The third-order valence-corrected chi connectivity index (χ3v) is 5.31. The zero-order valence-electron chi connectivity index (χ0n) is 17.8. The van der Waals surface area contributed by atoms with Gasteiger partial charge in [0.25, 0.3) is 17.5 Å². The maximum absolute atomic E-state index is 12.6. The zero-order chi connectivity index (χ0) is 24.1. The molecule has 0 aliphatic carbocycles. The number of benzene rings is 2. The molecular weight excluding hydrogens is 450 g/mol. The molecule has 0 fully saturated rings. The van der Waals surface area contributed by atoms with Gasteiger partial charge in [-0.3, -0.25) is 35.3 Å². The molecule has 1 atom stereocenters. The third kappa shape index (κ3) is 5.66. The summed E-state index contributed by atoms with van der Waals surface area (Å²) in [4.78, 5) is 50.9. The lowest BCUT2D eigenvalue weighted by molar-refractivity contribution is -0.384. The van der Waals surface area contributed by atoms with Crippen LogP contribution in [0.2, 0.25) is 5.02 Å². The van der Waals surface area contributed by atoms with Gasteiger partial charge in [-0.05, 0) is 23.6 Å². The summed E-state index contributed by atoms with van der Waals surface area (Å²) < 4.78 is 0. The first-order valence-corrected chi connectivity index (χ1v) is 10.4.